The van der Waals surface area contributed by atoms with E-state index in [2.05, 4.69) is 16.3 Å². The van der Waals surface area contributed by atoms with Crippen LogP contribution in [0.3, 0.4) is 0 Å². The van der Waals surface area contributed by atoms with E-state index in [-0.39, 0.29) is 6.10 Å². The van der Waals surface area contributed by atoms with Crippen molar-refractivity contribution >= 4 is 0 Å². The van der Waals surface area contributed by atoms with E-state index in [1.165, 1.54) is 0 Å². The predicted molar refractivity (Wildman–Crippen MR) is 86.0 cm³/mol. The van der Waals surface area contributed by atoms with Crippen LogP contribution in [-0.4, -0.2) is 44.3 Å². The Hall–Kier alpha value is -1.41. The molecule has 0 spiro atoms. The van der Waals surface area contributed by atoms with E-state index in [0.717, 1.165) is 18.7 Å². The molecular formula is C17H27N3O. The lowest BCUT2D eigenvalue weighted by Crippen LogP contribution is -2.49. The molecule has 0 radical (unpaired) electrons. The van der Waals surface area contributed by atoms with Crippen molar-refractivity contribution in [1.29, 1.82) is 5.26 Å². The average molecular weight is 289 g/mol. The first-order chi connectivity index (χ1) is 10.0. The Morgan fingerprint density at radius 1 is 1.33 bits per heavy atom. The quantitative estimate of drug-likeness (QED) is 0.758. The highest BCUT2D eigenvalue weighted by atomic mass is 16.5. The minimum Gasteiger partial charge on any atom is -0.377 e. The third-order valence-electron chi connectivity index (χ3n) is 3.37. The Bertz CT molecular complexity index is 441. The maximum atomic E-state index is 9.75. The molecule has 1 N–H and O–H groups in total. The predicted octanol–water partition coefficient (Wildman–Crippen LogP) is 2.37. The zero-order valence-electron chi connectivity index (χ0n) is 13.6. The molecule has 0 aliphatic carbocycles. The molecule has 0 amide bonds. The van der Waals surface area contributed by atoms with Crippen molar-refractivity contribution in [2.45, 2.75) is 32.4 Å². The lowest BCUT2D eigenvalue weighted by Gasteiger charge is -2.32. The van der Waals surface area contributed by atoms with Gasteiger partial charge in [-0.1, -0.05) is 37.3 Å². The maximum Gasteiger partial charge on any atom is 0.145 e. The minimum absolute atomic E-state index is 0.238. The lowest BCUT2D eigenvalue weighted by atomic mass is 9.90. The number of likely N-dealkylation sites (N-methyl/N-ethyl adjacent to an activating group) is 2. The van der Waals surface area contributed by atoms with Crippen molar-refractivity contribution in [1.82, 2.24) is 10.2 Å². The number of nitrogens with one attached hydrogen (secondary N) is 1. The fourth-order valence-corrected chi connectivity index (χ4v) is 2.34. The largest absolute Gasteiger partial charge is 0.377 e. The molecule has 1 aromatic rings. The topological polar surface area (TPSA) is 48.3 Å². The number of rotatable bonds is 9. The van der Waals surface area contributed by atoms with Crippen LogP contribution in [0.15, 0.2) is 30.3 Å². The summed E-state index contributed by atoms with van der Waals surface area (Å²) in [6, 6.07) is 12.4. The SMILES string of the molecule is CCNC(C#N)(CN(C)CCOC(C)C)c1ccccc1. The summed E-state index contributed by atoms with van der Waals surface area (Å²) < 4.78 is 5.58. The number of nitrogens with zero attached hydrogens (tertiary/aromatic N) is 2. The van der Waals surface area contributed by atoms with Gasteiger partial charge in [0.1, 0.15) is 5.54 Å². The Morgan fingerprint density at radius 3 is 2.52 bits per heavy atom. The Morgan fingerprint density at radius 2 is 2.00 bits per heavy atom. The van der Waals surface area contributed by atoms with Crippen molar-refractivity contribution in [3.8, 4) is 6.07 Å². The molecule has 1 aromatic carbocycles. The zero-order chi connectivity index (χ0) is 15.7. The van der Waals surface area contributed by atoms with Crippen LogP contribution in [0, 0.1) is 11.3 Å². The second-order valence-corrected chi connectivity index (χ2v) is 5.57. The number of hydrogen-bond donors (Lipinski definition) is 1. The first-order valence-corrected chi connectivity index (χ1v) is 7.56. The highest BCUT2D eigenvalue weighted by Gasteiger charge is 2.32. The Kier molecular flexibility index (Phi) is 7.38. The van der Waals surface area contributed by atoms with Crippen LogP contribution in [0.5, 0.6) is 0 Å². The van der Waals surface area contributed by atoms with Gasteiger partial charge in [0.2, 0.25) is 0 Å². The number of ether oxygens (including phenoxy) is 1. The van der Waals surface area contributed by atoms with Gasteiger partial charge < -0.3 is 9.64 Å². The van der Waals surface area contributed by atoms with Crippen LogP contribution in [0.2, 0.25) is 0 Å². The summed E-state index contributed by atoms with van der Waals surface area (Å²) in [5, 5.41) is 13.1. The highest BCUT2D eigenvalue weighted by molar-refractivity contribution is 5.32. The lowest BCUT2D eigenvalue weighted by molar-refractivity contribution is 0.0603. The molecule has 0 aromatic heterocycles. The van der Waals surface area contributed by atoms with Crippen LogP contribution in [0.1, 0.15) is 26.3 Å². The molecule has 0 heterocycles. The molecule has 0 aliphatic heterocycles. The van der Waals surface area contributed by atoms with Gasteiger partial charge in [0.15, 0.2) is 0 Å². The molecule has 0 aliphatic rings. The van der Waals surface area contributed by atoms with E-state index in [1.807, 2.05) is 58.2 Å². The zero-order valence-corrected chi connectivity index (χ0v) is 13.6. The van der Waals surface area contributed by atoms with Gasteiger partial charge in [-0.25, -0.2) is 0 Å². The molecule has 4 heteroatoms. The van der Waals surface area contributed by atoms with Gasteiger partial charge in [-0.2, -0.15) is 5.26 Å². The molecular weight excluding hydrogens is 262 g/mol. The number of benzene rings is 1. The first-order valence-electron chi connectivity index (χ1n) is 7.56. The van der Waals surface area contributed by atoms with E-state index in [0.29, 0.717) is 13.2 Å². The molecule has 0 saturated carbocycles. The second kappa shape index (κ2) is 8.78. The fourth-order valence-electron chi connectivity index (χ4n) is 2.34. The van der Waals surface area contributed by atoms with Gasteiger partial charge in [0.05, 0.1) is 18.8 Å². The molecule has 4 nitrogen and oxygen atoms in total. The number of hydrogen-bond acceptors (Lipinski definition) is 4. The monoisotopic (exact) mass is 289 g/mol. The average Bonchev–Trinajstić information content (AvgIpc) is 2.47. The van der Waals surface area contributed by atoms with Gasteiger partial charge in [-0.3, -0.25) is 5.32 Å². The van der Waals surface area contributed by atoms with E-state index in [1.54, 1.807) is 0 Å². The molecule has 21 heavy (non-hydrogen) atoms. The van der Waals surface area contributed by atoms with Crippen molar-refractivity contribution in [2.24, 2.45) is 0 Å². The van der Waals surface area contributed by atoms with Crippen LogP contribution >= 0.6 is 0 Å². The molecule has 1 unspecified atom stereocenters. The van der Waals surface area contributed by atoms with E-state index < -0.39 is 5.54 Å². The molecule has 1 atom stereocenters. The molecule has 0 saturated heterocycles. The summed E-state index contributed by atoms with van der Waals surface area (Å²) in [5.41, 5.74) is 0.328. The Balaban J connectivity index is 2.77. The summed E-state index contributed by atoms with van der Waals surface area (Å²) in [4.78, 5) is 2.14. The van der Waals surface area contributed by atoms with Crippen molar-refractivity contribution < 1.29 is 4.74 Å². The van der Waals surface area contributed by atoms with Gasteiger partial charge >= 0.3 is 0 Å². The van der Waals surface area contributed by atoms with E-state index in [9.17, 15) is 5.26 Å². The fraction of sp³-hybridized carbons (Fsp3) is 0.588. The molecule has 1 rings (SSSR count). The summed E-state index contributed by atoms with van der Waals surface area (Å²) in [7, 11) is 2.02. The van der Waals surface area contributed by atoms with Crippen molar-refractivity contribution in [3.05, 3.63) is 35.9 Å². The highest BCUT2D eigenvalue weighted by Crippen LogP contribution is 2.21. The summed E-state index contributed by atoms with van der Waals surface area (Å²) in [6.07, 6.45) is 0.238. The van der Waals surface area contributed by atoms with E-state index in [4.69, 9.17) is 4.74 Å². The van der Waals surface area contributed by atoms with Gasteiger partial charge in [0, 0.05) is 13.1 Å². The van der Waals surface area contributed by atoms with Crippen LogP contribution in [-0.2, 0) is 10.3 Å². The molecule has 0 fully saturated rings. The van der Waals surface area contributed by atoms with Crippen LogP contribution in [0.4, 0.5) is 0 Å². The molecule has 116 valence electrons. The third-order valence-corrected chi connectivity index (χ3v) is 3.37. The molecule has 0 bridgehead atoms. The van der Waals surface area contributed by atoms with Crippen LogP contribution in [0.25, 0.3) is 0 Å². The number of nitriles is 1. The standard InChI is InChI=1S/C17H27N3O/c1-5-19-17(13-18,16-9-7-6-8-10-16)14-20(4)11-12-21-15(2)3/h6-10,15,19H,5,11-12,14H2,1-4H3. The van der Waals surface area contributed by atoms with Crippen molar-refractivity contribution in [2.75, 3.05) is 33.3 Å². The second-order valence-electron chi connectivity index (χ2n) is 5.57. The smallest absolute Gasteiger partial charge is 0.145 e. The van der Waals surface area contributed by atoms with Gasteiger partial charge in [-0.15, -0.1) is 0 Å². The van der Waals surface area contributed by atoms with Crippen LogP contribution < -0.4 is 5.32 Å². The van der Waals surface area contributed by atoms with E-state index >= 15 is 0 Å². The first kappa shape index (κ1) is 17.6. The summed E-state index contributed by atoms with van der Waals surface area (Å²) in [5.74, 6) is 0. The van der Waals surface area contributed by atoms with Gasteiger partial charge in [-0.05, 0) is 33.0 Å². The normalized spacial score (nSPS) is 14.1. The van der Waals surface area contributed by atoms with Crippen molar-refractivity contribution in [3.63, 3.8) is 0 Å². The maximum absolute atomic E-state index is 9.75. The summed E-state index contributed by atoms with van der Waals surface area (Å²) in [6.45, 7) is 8.94. The summed E-state index contributed by atoms with van der Waals surface area (Å²) >= 11 is 0. The Labute approximate surface area is 128 Å². The van der Waals surface area contributed by atoms with Gasteiger partial charge in [0.25, 0.3) is 0 Å². The minimum atomic E-state index is -0.678. The third kappa shape index (κ3) is 5.47.